The summed E-state index contributed by atoms with van der Waals surface area (Å²) in [5.74, 6) is 6.30. The lowest BCUT2D eigenvalue weighted by Gasteiger charge is -2.01. The molecule has 2 aliphatic rings. The molecule has 0 unspecified atom stereocenters. The minimum atomic E-state index is 0.395. The number of hydrogen-bond acceptors (Lipinski definition) is 2. The van der Waals surface area contributed by atoms with E-state index < -0.39 is 0 Å². The molecule has 0 saturated carbocycles. The van der Waals surface area contributed by atoms with Crippen LogP contribution in [0.2, 0.25) is 0 Å². The van der Waals surface area contributed by atoms with Gasteiger partial charge in [-0.3, -0.25) is 0 Å². The molecule has 0 radical (unpaired) electrons. The quantitative estimate of drug-likeness (QED) is 0.249. The third-order valence-electron chi connectivity index (χ3n) is 5.04. The molecular weight excluding hydrogens is 284 g/mol. The van der Waals surface area contributed by atoms with E-state index in [4.69, 9.17) is 9.47 Å². The molecule has 0 aromatic heterocycles. The fraction of sp³-hybridized carbons (Fsp3) is 0.905. The van der Waals surface area contributed by atoms with E-state index >= 15 is 0 Å². The summed E-state index contributed by atoms with van der Waals surface area (Å²) in [4.78, 5) is 0. The highest BCUT2D eigenvalue weighted by Crippen LogP contribution is 2.38. The van der Waals surface area contributed by atoms with Gasteiger partial charge in [-0.15, -0.1) is 11.8 Å². The number of rotatable bonds is 13. The molecule has 0 spiro atoms. The number of epoxide rings is 2. The first-order valence-electron chi connectivity index (χ1n) is 10.1. The third kappa shape index (κ3) is 8.23. The zero-order valence-electron chi connectivity index (χ0n) is 15.3. The van der Waals surface area contributed by atoms with Crippen molar-refractivity contribution in [3.63, 3.8) is 0 Å². The molecule has 2 aliphatic heterocycles. The maximum atomic E-state index is 5.80. The number of unbranched alkanes of at least 4 members (excludes halogenated alkanes) is 8. The van der Waals surface area contributed by atoms with E-state index in [-0.39, 0.29) is 0 Å². The topological polar surface area (TPSA) is 25.1 Å². The van der Waals surface area contributed by atoms with Crippen LogP contribution in [0.25, 0.3) is 0 Å². The fourth-order valence-corrected chi connectivity index (χ4v) is 3.39. The summed E-state index contributed by atoms with van der Waals surface area (Å²) >= 11 is 0. The molecule has 2 heterocycles. The average Bonchev–Trinajstić information content (AvgIpc) is 3.46. The lowest BCUT2D eigenvalue weighted by atomic mass is 10.0. The molecule has 4 atom stereocenters. The lowest BCUT2D eigenvalue weighted by molar-refractivity contribution is 0.321. The van der Waals surface area contributed by atoms with Crippen molar-refractivity contribution in [2.75, 3.05) is 0 Å². The Morgan fingerprint density at radius 1 is 0.652 bits per heavy atom. The second-order valence-corrected chi connectivity index (χ2v) is 7.19. The van der Waals surface area contributed by atoms with Crippen LogP contribution in [0.5, 0.6) is 0 Å². The highest BCUT2D eigenvalue weighted by atomic mass is 16.6. The SMILES string of the molecule is CCC#CC[C@@H]1O[C@@H]1C[C@H]1O[C@H]1CCCCCCCCCCC. The largest absolute Gasteiger partial charge is 0.369 e. The van der Waals surface area contributed by atoms with E-state index in [1.807, 2.05) is 0 Å². The van der Waals surface area contributed by atoms with Gasteiger partial charge < -0.3 is 9.47 Å². The molecule has 132 valence electrons. The van der Waals surface area contributed by atoms with Crippen LogP contribution in [0.15, 0.2) is 0 Å². The van der Waals surface area contributed by atoms with Crippen molar-refractivity contribution >= 4 is 0 Å². The van der Waals surface area contributed by atoms with Crippen molar-refractivity contribution < 1.29 is 9.47 Å². The van der Waals surface area contributed by atoms with E-state index in [1.54, 1.807) is 0 Å². The Labute approximate surface area is 143 Å². The number of hydrogen-bond donors (Lipinski definition) is 0. The zero-order chi connectivity index (χ0) is 16.3. The first-order valence-corrected chi connectivity index (χ1v) is 10.1. The van der Waals surface area contributed by atoms with Gasteiger partial charge >= 0.3 is 0 Å². The minimum Gasteiger partial charge on any atom is -0.369 e. The molecule has 0 aromatic rings. The van der Waals surface area contributed by atoms with E-state index in [0.717, 1.165) is 19.3 Å². The van der Waals surface area contributed by atoms with Gasteiger partial charge in [0.05, 0.1) is 24.4 Å². The van der Waals surface area contributed by atoms with Crippen LogP contribution in [0, 0.1) is 11.8 Å². The van der Waals surface area contributed by atoms with Crippen LogP contribution in [-0.2, 0) is 9.47 Å². The maximum Gasteiger partial charge on any atom is 0.0951 e. The van der Waals surface area contributed by atoms with Gasteiger partial charge in [-0.1, -0.05) is 71.6 Å². The molecule has 0 aliphatic carbocycles. The third-order valence-corrected chi connectivity index (χ3v) is 5.04. The predicted octanol–water partition coefficient (Wildman–Crippen LogP) is 5.64. The Morgan fingerprint density at radius 2 is 1.26 bits per heavy atom. The van der Waals surface area contributed by atoms with E-state index in [1.165, 1.54) is 64.2 Å². The highest BCUT2D eigenvalue weighted by molar-refractivity contribution is 5.05. The Kier molecular flexibility index (Phi) is 9.09. The molecule has 2 fully saturated rings. The van der Waals surface area contributed by atoms with Gasteiger partial charge in [0.2, 0.25) is 0 Å². The van der Waals surface area contributed by atoms with Crippen molar-refractivity contribution in [2.45, 2.75) is 122 Å². The molecule has 0 aromatic carbocycles. The highest BCUT2D eigenvalue weighted by Gasteiger charge is 2.47. The zero-order valence-corrected chi connectivity index (χ0v) is 15.3. The van der Waals surface area contributed by atoms with E-state index in [2.05, 4.69) is 25.7 Å². The fourth-order valence-electron chi connectivity index (χ4n) is 3.39. The summed E-state index contributed by atoms with van der Waals surface area (Å²) in [5.41, 5.74) is 0. The average molecular weight is 321 g/mol. The molecule has 0 bridgehead atoms. The summed E-state index contributed by atoms with van der Waals surface area (Å²) in [6.45, 7) is 4.37. The maximum absolute atomic E-state index is 5.80. The predicted molar refractivity (Wildman–Crippen MR) is 96.5 cm³/mol. The summed E-state index contributed by atoms with van der Waals surface area (Å²) in [6, 6.07) is 0. The molecule has 2 heteroatoms. The minimum absolute atomic E-state index is 0.395. The summed E-state index contributed by atoms with van der Waals surface area (Å²) in [6.07, 6.45) is 18.7. The molecule has 0 N–H and O–H groups in total. The van der Waals surface area contributed by atoms with Crippen molar-refractivity contribution in [2.24, 2.45) is 0 Å². The Morgan fingerprint density at radius 3 is 1.96 bits per heavy atom. The molecule has 0 amide bonds. The normalized spacial score (nSPS) is 28.3. The van der Waals surface area contributed by atoms with Gasteiger partial charge in [-0.25, -0.2) is 0 Å². The van der Waals surface area contributed by atoms with Gasteiger partial charge in [0.15, 0.2) is 0 Å². The molecule has 2 saturated heterocycles. The van der Waals surface area contributed by atoms with Gasteiger partial charge in [0, 0.05) is 19.3 Å². The van der Waals surface area contributed by atoms with Crippen molar-refractivity contribution in [3.05, 3.63) is 0 Å². The van der Waals surface area contributed by atoms with Crippen LogP contribution in [0.4, 0.5) is 0 Å². The van der Waals surface area contributed by atoms with Gasteiger partial charge in [0.25, 0.3) is 0 Å². The smallest absolute Gasteiger partial charge is 0.0951 e. The lowest BCUT2D eigenvalue weighted by Crippen LogP contribution is -2.01. The molecule has 23 heavy (non-hydrogen) atoms. The molecule has 2 rings (SSSR count). The first-order chi connectivity index (χ1) is 11.3. The van der Waals surface area contributed by atoms with Crippen molar-refractivity contribution in [1.82, 2.24) is 0 Å². The summed E-state index contributed by atoms with van der Waals surface area (Å²) in [5, 5.41) is 0. The Hall–Kier alpha value is -0.520. The summed E-state index contributed by atoms with van der Waals surface area (Å²) in [7, 11) is 0. The van der Waals surface area contributed by atoms with Crippen LogP contribution in [-0.4, -0.2) is 24.4 Å². The number of ether oxygens (including phenoxy) is 2. The Bertz CT molecular complexity index is 368. The van der Waals surface area contributed by atoms with Crippen molar-refractivity contribution in [3.8, 4) is 11.8 Å². The van der Waals surface area contributed by atoms with Gasteiger partial charge in [-0.05, 0) is 6.42 Å². The molecule has 2 nitrogen and oxygen atoms in total. The van der Waals surface area contributed by atoms with Crippen molar-refractivity contribution in [1.29, 1.82) is 0 Å². The first kappa shape index (κ1) is 18.8. The standard InChI is InChI=1S/C21H36O2/c1-3-5-7-8-9-10-11-12-14-16-19-21(23-19)17-20-18(22-20)15-13-6-4-2/h18-21H,3-5,7-12,14-17H2,1-2H3/t18-,19-,20+,21+/m0/s1. The van der Waals surface area contributed by atoms with Gasteiger partial charge in [0.1, 0.15) is 0 Å². The van der Waals surface area contributed by atoms with E-state index in [0.29, 0.717) is 24.4 Å². The second-order valence-electron chi connectivity index (χ2n) is 7.19. The van der Waals surface area contributed by atoms with E-state index in [9.17, 15) is 0 Å². The van der Waals surface area contributed by atoms with Crippen LogP contribution in [0.3, 0.4) is 0 Å². The monoisotopic (exact) mass is 320 g/mol. The van der Waals surface area contributed by atoms with Crippen LogP contribution >= 0.6 is 0 Å². The molecular formula is C21H36O2. The second kappa shape index (κ2) is 11.1. The summed E-state index contributed by atoms with van der Waals surface area (Å²) < 4.78 is 11.5. The van der Waals surface area contributed by atoms with Crippen LogP contribution < -0.4 is 0 Å². The Balaban J connectivity index is 1.35. The van der Waals surface area contributed by atoms with Crippen LogP contribution in [0.1, 0.15) is 97.3 Å². The van der Waals surface area contributed by atoms with Gasteiger partial charge in [-0.2, -0.15) is 0 Å².